The zero-order valence-electron chi connectivity index (χ0n) is 17.4. The van der Waals surface area contributed by atoms with Crippen molar-refractivity contribution in [2.45, 2.75) is 0 Å². The molecule has 1 aliphatic rings. The molecule has 1 aromatic heterocycles. The van der Waals surface area contributed by atoms with Gasteiger partial charge in [-0.3, -0.25) is 4.79 Å². The normalized spacial score (nSPS) is 15.6. The fraction of sp³-hybridized carbons (Fsp3) is 0.154. The van der Waals surface area contributed by atoms with E-state index in [1.807, 2.05) is 60.7 Å². The van der Waals surface area contributed by atoms with E-state index in [0.717, 1.165) is 33.3 Å². The number of pyridine rings is 1. The number of amides is 1. The zero-order valence-corrected chi connectivity index (χ0v) is 18.3. The van der Waals surface area contributed by atoms with Gasteiger partial charge in [0.15, 0.2) is 9.84 Å². The first-order valence-corrected chi connectivity index (χ1v) is 12.4. The number of nitrogens with zero attached hydrogens (tertiary/aromatic N) is 2. The quantitative estimate of drug-likeness (QED) is 0.470. The Bertz CT molecular complexity index is 1380. The van der Waals surface area contributed by atoms with Crippen molar-refractivity contribution in [1.82, 2.24) is 9.88 Å². The van der Waals surface area contributed by atoms with Crippen LogP contribution in [0.25, 0.3) is 33.3 Å². The first kappa shape index (κ1) is 20.4. The molecule has 0 spiro atoms. The molecule has 0 unspecified atom stereocenters. The summed E-state index contributed by atoms with van der Waals surface area (Å²) in [5.74, 6) is -0.133. The summed E-state index contributed by atoms with van der Waals surface area (Å²) in [6.45, 7) is 0.442. The lowest BCUT2D eigenvalue weighted by molar-refractivity contribution is 0.0772. The van der Waals surface area contributed by atoms with Gasteiger partial charge in [0.1, 0.15) is 0 Å². The Morgan fingerprint density at radius 3 is 2.06 bits per heavy atom. The van der Waals surface area contributed by atoms with E-state index in [2.05, 4.69) is 24.3 Å². The van der Waals surface area contributed by atoms with Crippen LogP contribution in [0, 0.1) is 0 Å². The van der Waals surface area contributed by atoms with Crippen LogP contribution < -0.4 is 0 Å². The van der Waals surface area contributed by atoms with Gasteiger partial charge in [-0.2, -0.15) is 0 Å². The second-order valence-corrected chi connectivity index (χ2v) is 10.3. The molecule has 0 radical (unpaired) electrons. The topological polar surface area (TPSA) is 67.3 Å². The minimum absolute atomic E-state index is 0.00949. The van der Waals surface area contributed by atoms with E-state index in [1.54, 1.807) is 4.90 Å². The number of sulfone groups is 1. The number of carbonyl (C=O) groups is 1. The fourth-order valence-electron chi connectivity index (χ4n) is 4.05. The predicted molar refractivity (Wildman–Crippen MR) is 127 cm³/mol. The number of carbonyl (C=O) groups excluding carboxylic acids is 1. The van der Waals surface area contributed by atoms with Gasteiger partial charge < -0.3 is 4.90 Å². The van der Waals surface area contributed by atoms with E-state index in [9.17, 15) is 13.2 Å². The van der Waals surface area contributed by atoms with E-state index in [4.69, 9.17) is 4.98 Å². The maximum absolute atomic E-state index is 13.4. The summed E-state index contributed by atoms with van der Waals surface area (Å²) in [6, 6.07) is 27.7. The van der Waals surface area contributed by atoms with Crippen molar-refractivity contribution in [3.63, 3.8) is 0 Å². The van der Waals surface area contributed by atoms with Crippen molar-refractivity contribution >= 4 is 26.6 Å². The van der Waals surface area contributed by atoms with Crippen LogP contribution in [0.15, 0.2) is 84.9 Å². The highest BCUT2D eigenvalue weighted by Gasteiger charge is 2.27. The van der Waals surface area contributed by atoms with Gasteiger partial charge in [-0.05, 0) is 23.3 Å². The van der Waals surface area contributed by atoms with Crippen LogP contribution in [0.3, 0.4) is 0 Å². The molecule has 1 saturated heterocycles. The number of hydrogen-bond donors (Lipinski definition) is 0. The molecule has 5 rings (SSSR count). The molecule has 0 saturated carbocycles. The van der Waals surface area contributed by atoms with E-state index in [0.29, 0.717) is 5.56 Å². The number of hydrogen-bond acceptors (Lipinski definition) is 4. The number of fused-ring (bicyclic) bond motifs is 1. The second-order valence-electron chi connectivity index (χ2n) is 7.96. The summed E-state index contributed by atoms with van der Waals surface area (Å²) in [5, 5.41) is 0.774. The molecule has 160 valence electrons. The number of aromatic nitrogens is 1. The molecule has 6 heteroatoms. The van der Waals surface area contributed by atoms with Gasteiger partial charge in [-0.1, -0.05) is 72.8 Å². The smallest absolute Gasteiger partial charge is 0.254 e. The van der Waals surface area contributed by atoms with E-state index in [1.165, 1.54) is 0 Å². The van der Waals surface area contributed by atoms with Crippen LogP contribution in [-0.2, 0) is 9.84 Å². The van der Waals surface area contributed by atoms with Gasteiger partial charge >= 0.3 is 0 Å². The Morgan fingerprint density at radius 2 is 1.34 bits per heavy atom. The summed E-state index contributed by atoms with van der Waals surface area (Å²) < 4.78 is 23.6. The van der Waals surface area contributed by atoms with Crippen LogP contribution in [0.2, 0.25) is 0 Å². The molecule has 1 fully saturated rings. The van der Waals surface area contributed by atoms with Gasteiger partial charge in [0, 0.05) is 24.0 Å². The summed E-state index contributed by atoms with van der Waals surface area (Å²) >= 11 is 0. The maximum atomic E-state index is 13.4. The van der Waals surface area contributed by atoms with Gasteiger partial charge in [0.05, 0.1) is 28.3 Å². The van der Waals surface area contributed by atoms with Crippen LogP contribution in [-0.4, -0.2) is 48.8 Å². The summed E-state index contributed by atoms with van der Waals surface area (Å²) in [4.78, 5) is 19.8. The zero-order chi connectivity index (χ0) is 22.1. The highest BCUT2D eigenvalue weighted by Crippen LogP contribution is 2.28. The van der Waals surface area contributed by atoms with Crippen molar-refractivity contribution in [3.05, 3.63) is 90.5 Å². The van der Waals surface area contributed by atoms with Crippen LogP contribution in [0.1, 0.15) is 10.4 Å². The molecule has 0 atom stereocenters. The van der Waals surface area contributed by atoms with Gasteiger partial charge in [-0.25, -0.2) is 13.4 Å². The Labute approximate surface area is 187 Å². The Hall–Kier alpha value is -3.51. The number of rotatable bonds is 3. The standard InChI is InChI=1S/C26H22N2O3S/c29-26(28-14-16-32(30,31)17-15-28)23-18-25(27-24-9-5-4-8-22(23)24)21-12-10-20(11-13-21)19-6-2-1-3-7-19/h1-13,18H,14-17H2. The molecule has 2 heterocycles. The second kappa shape index (κ2) is 8.20. The third kappa shape index (κ3) is 4.01. The largest absolute Gasteiger partial charge is 0.337 e. The lowest BCUT2D eigenvalue weighted by Crippen LogP contribution is -2.43. The van der Waals surface area contributed by atoms with Crippen molar-refractivity contribution < 1.29 is 13.2 Å². The van der Waals surface area contributed by atoms with Crippen molar-refractivity contribution in [3.8, 4) is 22.4 Å². The lowest BCUT2D eigenvalue weighted by atomic mass is 10.00. The van der Waals surface area contributed by atoms with E-state index >= 15 is 0 Å². The summed E-state index contributed by atoms with van der Waals surface area (Å²) in [7, 11) is -3.06. The van der Waals surface area contributed by atoms with Crippen molar-refractivity contribution in [2.24, 2.45) is 0 Å². The Kier molecular flexibility index (Phi) is 5.23. The molecule has 32 heavy (non-hydrogen) atoms. The van der Waals surface area contributed by atoms with Gasteiger partial charge in [0.2, 0.25) is 0 Å². The number of benzene rings is 3. The third-order valence-electron chi connectivity index (χ3n) is 5.87. The highest BCUT2D eigenvalue weighted by atomic mass is 32.2. The fourth-order valence-corrected chi connectivity index (χ4v) is 5.25. The SMILES string of the molecule is O=C(c1cc(-c2ccc(-c3ccccc3)cc2)nc2ccccc12)N1CCS(=O)(=O)CC1. The minimum atomic E-state index is -3.06. The van der Waals surface area contributed by atoms with Crippen molar-refractivity contribution in [2.75, 3.05) is 24.6 Å². The molecule has 1 amide bonds. The average molecular weight is 443 g/mol. The van der Waals surface area contributed by atoms with Gasteiger partial charge in [-0.15, -0.1) is 0 Å². The summed E-state index contributed by atoms with van der Waals surface area (Å²) in [5.41, 5.74) is 5.19. The first-order chi connectivity index (χ1) is 15.5. The Morgan fingerprint density at radius 1 is 0.750 bits per heavy atom. The van der Waals surface area contributed by atoms with Crippen LogP contribution in [0.5, 0.6) is 0 Å². The molecule has 0 aliphatic carbocycles. The first-order valence-electron chi connectivity index (χ1n) is 10.6. The molecular formula is C26H22N2O3S. The average Bonchev–Trinajstić information content (AvgIpc) is 2.83. The lowest BCUT2D eigenvalue weighted by Gasteiger charge is -2.27. The minimum Gasteiger partial charge on any atom is -0.337 e. The molecule has 4 aromatic rings. The molecule has 3 aromatic carbocycles. The highest BCUT2D eigenvalue weighted by molar-refractivity contribution is 7.91. The van der Waals surface area contributed by atoms with Crippen LogP contribution in [0.4, 0.5) is 0 Å². The monoisotopic (exact) mass is 442 g/mol. The van der Waals surface area contributed by atoms with E-state index in [-0.39, 0.29) is 30.5 Å². The molecule has 1 aliphatic heterocycles. The molecule has 5 nitrogen and oxygen atoms in total. The molecule has 0 bridgehead atoms. The third-order valence-corrected chi connectivity index (χ3v) is 7.48. The van der Waals surface area contributed by atoms with Gasteiger partial charge in [0.25, 0.3) is 5.91 Å². The van der Waals surface area contributed by atoms with Crippen LogP contribution >= 0.6 is 0 Å². The summed E-state index contributed by atoms with van der Waals surface area (Å²) in [6.07, 6.45) is 0. The Balaban J connectivity index is 1.53. The molecular weight excluding hydrogens is 420 g/mol. The predicted octanol–water partition coefficient (Wildman–Crippen LogP) is 4.44. The number of para-hydroxylation sites is 1. The maximum Gasteiger partial charge on any atom is 0.254 e. The van der Waals surface area contributed by atoms with Crippen molar-refractivity contribution in [1.29, 1.82) is 0 Å². The molecule has 0 N–H and O–H groups in total. The van der Waals surface area contributed by atoms with E-state index < -0.39 is 9.84 Å².